The summed E-state index contributed by atoms with van der Waals surface area (Å²) in [5.41, 5.74) is -0.617. The molecule has 5 nitrogen and oxygen atoms in total. The summed E-state index contributed by atoms with van der Waals surface area (Å²) >= 11 is 0. The first-order chi connectivity index (χ1) is 7.63. The van der Waals surface area contributed by atoms with Crippen LogP contribution >= 0.6 is 0 Å². The first-order valence-corrected chi connectivity index (χ1v) is 5.86. The minimum Gasteiger partial charge on any atom is -0.480 e. The van der Waals surface area contributed by atoms with Crippen molar-refractivity contribution in [3.63, 3.8) is 0 Å². The smallest absolute Gasteiger partial charge is 0.408 e. The topological polar surface area (TPSA) is 75.6 Å². The van der Waals surface area contributed by atoms with Crippen molar-refractivity contribution in [1.29, 1.82) is 0 Å². The van der Waals surface area contributed by atoms with Crippen LogP contribution in [0.5, 0.6) is 0 Å². The van der Waals surface area contributed by atoms with Crippen molar-refractivity contribution in [3.8, 4) is 0 Å². The molecule has 0 unspecified atom stereocenters. The van der Waals surface area contributed by atoms with Gasteiger partial charge in [-0.15, -0.1) is 0 Å². The number of ether oxygens (including phenoxy) is 1. The zero-order chi connectivity index (χ0) is 13.4. The maximum Gasteiger partial charge on any atom is 0.408 e. The van der Waals surface area contributed by atoms with Gasteiger partial charge in [0, 0.05) is 0 Å². The van der Waals surface area contributed by atoms with Gasteiger partial charge >= 0.3 is 12.1 Å². The predicted octanol–water partition coefficient (Wildman–Crippen LogP) is 1.87. The van der Waals surface area contributed by atoms with Gasteiger partial charge in [0.25, 0.3) is 0 Å². The number of hydrogen-bond donors (Lipinski definition) is 2. The Bertz CT molecular complexity index is 313. The van der Waals surface area contributed by atoms with Gasteiger partial charge in [-0.3, -0.25) is 0 Å². The highest BCUT2D eigenvalue weighted by Crippen LogP contribution is 2.47. The van der Waals surface area contributed by atoms with Crippen LogP contribution in [0.15, 0.2) is 0 Å². The molecular formula is C12H21NO4. The molecule has 0 aromatic heterocycles. The highest BCUT2D eigenvalue weighted by atomic mass is 16.6. The van der Waals surface area contributed by atoms with Crippen molar-refractivity contribution >= 4 is 12.1 Å². The fraction of sp³-hybridized carbons (Fsp3) is 0.833. The standard InChI is InChI=1S/C12H21NO4/c1-6-7(2)8(6)9(10(14)15)13-11(16)17-12(3,4)5/h6-9H,1-5H3,(H,13,16)(H,14,15)/t6-,7-,9+/m0/s1. The number of amides is 1. The van der Waals surface area contributed by atoms with E-state index < -0.39 is 23.7 Å². The molecular weight excluding hydrogens is 222 g/mol. The Labute approximate surface area is 102 Å². The summed E-state index contributed by atoms with van der Waals surface area (Å²) in [5.74, 6) is -0.353. The van der Waals surface area contributed by atoms with Gasteiger partial charge in [0.2, 0.25) is 0 Å². The molecule has 0 aromatic carbocycles. The summed E-state index contributed by atoms with van der Waals surface area (Å²) in [6.07, 6.45) is -0.670. The molecule has 5 heteroatoms. The monoisotopic (exact) mass is 243 g/mol. The molecule has 98 valence electrons. The molecule has 0 bridgehead atoms. The largest absolute Gasteiger partial charge is 0.480 e. The average Bonchev–Trinajstić information content (AvgIpc) is 2.67. The Morgan fingerprint density at radius 2 is 1.71 bits per heavy atom. The highest BCUT2D eigenvalue weighted by Gasteiger charge is 2.51. The van der Waals surface area contributed by atoms with Gasteiger partial charge in [0.15, 0.2) is 0 Å². The molecule has 1 rings (SSSR count). The molecule has 0 aromatic rings. The van der Waals surface area contributed by atoms with Gasteiger partial charge < -0.3 is 15.2 Å². The molecule has 0 radical (unpaired) electrons. The summed E-state index contributed by atoms with van der Waals surface area (Å²) in [5, 5.41) is 11.5. The molecule has 1 amide bonds. The third-order valence-electron chi connectivity index (χ3n) is 3.23. The van der Waals surface area contributed by atoms with E-state index in [1.165, 1.54) is 0 Å². The number of carbonyl (C=O) groups excluding carboxylic acids is 1. The second kappa shape index (κ2) is 4.55. The van der Waals surface area contributed by atoms with Gasteiger partial charge in [-0.25, -0.2) is 9.59 Å². The van der Waals surface area contributed by atoms with Crippen LogP contribution in [-0.2, 0) is 9.53 Å². The number of nitrogens with one attached hydrogen (secondary N) is 1. The van der Waals surface area contributed by atoms with Crippen molar-refractivity contribution < 1.29 is 19.4 Å². The molecule has 2 N–H and O–H groups in total. The third kappa shape index (κ3) is 3.61. The normalized spacial score (nSPS) is 29.4. The third-order valence-corrected chi connectivity index (χ3v) is 3.23. The van der Waals surface area contributed by atoms with Crippen molar-refractivity contribution in [2.75, 3.05) is 0 Å². The van der Waals surface area contributed by atoms with E-state index in [9.17, 15) is 9.59 Å². The van der Waals surface area contributed by atoms with Crippen molar-refractivity contribution in [2.24, 2.45) is 17.8 Å². The second-order valence-corrected chi connectivity index (χ2v) is 5.76. The van der Waals surface area contributed by atoms with Crippen LogP contribution in [-0.4, -0.2) is 28.8 Å². The van der Waals surface area contributed by atoms with Crippen LogP contribution in [0.2, 0.25) is 0 Å². The van der Waals surface area contributed by atoms with E-state index in [0.717, 1.165) is 0 Å². The van der Waals surface area contributed by atoms with E-state index in [4.69, 9.17) is 9.84 Å². The van der Waals surface area contributed by atoms with Gasteiger partial charge in [0.05, 0.1) is 0 Å². The zero-order valence-corrected chi connectivity index (χ0v) is 11.0. The summed E-state index contributed by atoms with van der Waals surface area (Å²) in [6, 6.07) is -0.852. The Morgan fingerprint density at radius 3 is 2.00 bits per heavy atom. The van der Waals surface area contributed by atoms with E-state index in [2.05, 4.69) is 5.32 Å². The first kappa shape index (κ1) is 13.8. The van der Waals surface area contributed by atoms with Crippen molar-refractivity contribution in [3.05, 3.63) is 0 Å². The van der Waals surface area contributed by atoms with E-state index in [1.807, 2.05) is 13.8 Å². The molecule has 1 aliphatic carbocycles. The highest BCUT2D eigenvalue weighted by molar-refractivity contribution is 5.80. The summed E-state index contributed by atoms with van der Waals surface area (Å²) in [7, 11) is 0. The van der Waals surface area contributed by atoms with E-state index in [1.54, 1.807) is 20.8 Å². The lowest BCUT2D eigenvalue weighted by Gasteiger charge is -2.22. The number of carboxylic acids is 1. The average molecular weight is 243 g/mol. The fourth-order valence-electron chi connectivity index (χ4n) is 2.07. The second-order valence-electron chi connectivity index (χ2n) is 5.76. The molecule has 0 heterocycles. The van der Waals surface area contributed by atoms with Gasteiger partial charge in [-0.1, -0.05) is 13.8 Å². The number of alkyl carbamates (subject to hydrolysis) is 1. The van der Waals surface area contributed by atoms with Crippen LogP contribution < -0.4 is 5.32 Å². The van der Waals surface area contributed by atoms with Crippen molar-refractivity contribution in [2.45, 2.75) is 46.3 Å². The lowest BCUT2D eigenvalue weighted by molar-refractivity contribution is -0.140. The van der Waals surface area contributed by atoms with Gasteiger partial charge in [-0.05, 0) is 38.5 Å². The molecule has 1 fully saturated rings. The number of rotatable bonds is 3. The quantitative estimate of drug-likeness (QED) is 0.793. The van der Waals surface area contributed by atoms with Gasteiger partial charge in [0.1, 0.15) is 11.6 Å². The molecule has 1 aliphatic rings. The number of carbonyl (C=O) groups is 2. The SMILES string of the molecule is C[C@@H]1C([C@@H](NC(=O)OC(C)(C)C)C(=O)O)[C@H]1C. The van der Waals surface area contributed by atoms with E-state index in [0.29, 0.717) is 11.8 Å². The molecule has 0 aliphatic heterocycles. The number of hydrogen-bond acceptors (Lipinski definition) is 3. The molecule has 17 heavy (non-hydrogen) atoms. The van der Waals surface area contributed by atoms with Crippen molar-refractivity contribution in [1.82, 2.24) is 5.32 Å². The Balaban J connectivity index is 2.57. The predicted molar refractivity (Wildman–Crippen MR) is 62.6 cm³/mol. The fourth-order valence-corrected chi connectivity index (χ4v) is 2.07. The van der Waals surface area contributed by atoms with Crippen LogP contribution in [0.4, 0.5) is 4.79 Å². The summed E-state index contributed by atoms with van der Waals surface area (Å²) in [6.45, 7) is 9.20. The molecule has 3 atom stereocenters. The lowest BCUT2D eigenvalue weighted by Crippen LogP contribution is -2.45. The minimum atomic E-state index is -1.00. The van der Waals surface area contributed by atoms with Crippen LogP contribution in [0.25, 0.3) is 0 Å². The minimum absolute atomic E-state index is 0.0000170. The maximum atomic E-state index is 11.5. The Kier molecular flexibility index (Phi) is 3.69. The zero-order valence-electron chi connectivity index (χ0n) is 11.0. The lowest BCUT2D eigenvalue weighted by atomic mass is 10.1. The van der Waals surface area contributed by atoms with Crippen LogP contribution in [0, 0.1) is 17.8 Å². The molecule has 0 saturated heterocycles. The maximum absolute atomic E-state index is 11.5. The Hall–Kier alpha value is -1.26. The summed E-state index contributed by atoms with van der Waals surface area (Å²) < 4.78 is 5.05. The Morgan fingerprint density at radius 1 is 1.24 bits per heavy atom. The van der Waals surface area contributed by atoms with Crippen LogP contribution in [0.3, 0.4) is 0 Å². The number of aliphatic carboxylic acids is 1. The van der Waals surface area contributed by atoms with E-state index in [-0.39, 0.29) is 5.92 Å². The molecule has 0 spiro atoms. The number of carboxylic acid groups (broad SMARTS) is 1. The first-order valence-electron chi connectivity index (χ1n) is 5.86. The molecule has 1 saturated carbocycles. The summed E-state index contributed by atoms with van der Waals surface area (Å²) in [4.78, 5) is 22.6. The van der Waals surface area contributed by atoms with E-state index >= 15 is 0 Å². The van der Waals surface area contributed by atoms with Gasteiger partial charge in [-0.2, -0.15) is 0 Å². The van der Waals surface area contributed by atoms with Crippen LogP contribution in [0.1, 0.15) is 34.6 Å².